The molecule has 4 rings (SSSR count). The summed E-state index contributed by atoms with van der Waals surface area (Å²) < 4.78 is 28.4. The van der Waals surface area contributed by atoms with E-state index in [0.29, 0.717) is 17.6 Å². The van der Waals surface area contributed by atoms with E-state index in [9.17, 15) is 13.6 Å². The number of nitrogens with one attached hydrogen (secondary N) is 1. The van der Waals surface area contributed by atoms with Gasteiger partial charge in [0.25, 0.3) is 5.91 Å². The lowest BCUT2D eigenvalue weighted by atomic mass is 10.1. The minimum atomic E-state index is -0.609. The van der Waals surface area contributed by atoms with Crippen molar-refractivity contribution in [2.75, 3.05) is 0 Å². The van der Waals surface area contributed by atoms with Gasteiger partial charge in [0.1, 0.15) is 11.6 Å². The zero-order valence-corrected chi connectivity index (χ0v) is 11.9. The van der Waals surface area contributed by atoms with Gasteiger partial charge in [-0.05, 0) is 18.1 Å². The average molecular weight is 314 g/mol. The molecule has 1 aliphatic rings. The number of nitrogens with zero attached hydrogens (tertiary/aromatic N) is 3. The number of aromatic nitrogens is 3. The van der Waals surface area contributed by atoms with Crippen LogP contribution in [0.25, 0.3) is 5.65 Å². The molecule has 1 aromatic carbocycles. The Balaban J connectivity index is 1.51. The molecule has 5 nitrogen and oxygen atoms in total. The predicted octanol–water partition coefficient (Wildman–Crippen LogP) is 2.29. The van der Waals surface area contributed by atoms with E-state index in [2.05, 4.69) is 15.3 Å². The standard InChI is InChI=1S/C16H12F2N4O/c17-9-1-2-10(12(18)7-9)11-8-13(11)21-16(23)14-15-20-4-6-22(15)5-3-19-14/h1-7,11,13H,8H2,(H,21,23)/t11-,13+/m0/s1. The summed E-state index contributed by atoms with van der Waals surface area (Å²) in [5.74, 6) is -1.68. The van der Waals surface area contributed by atoms with Crippen molar-refractivity contribution in [2.24, 2.45) is 0 Å². The fraction of sp³-hybridized carbons (Fsp3) is 0.188. The van der Waals surface area contributed by atoms with Crippen LogP contribution in [0.1, 0.15) is 28.4 Å². The number of hydrogen-bond acceptors (Lipinski definition) is 3. The molecule has 116 valence electrons. The van der Waals surface area contributed by atoms with Crippen molar-refractivity contribution in [1.82, 2.24) is 19.7 Å². The van der Waals surface area contributed by atoms with Crippen molar-refractivity contribution in [3.8, 4) is 0 Å². The van der Waals surface area contributed by atoms with E-state index in [-0.39, 0.29) is 23.6 Å². The molecule has 1 saturated carbocycles. The second-order valence-electron chi connectivity index (χ2n) is 5.52. The van der Waals surface area contributed by atoms with Crippen molar-refractivity contribution in [3.63, 3.8) is 0 Å². The van der Waals surface area contributed by atoms with E-state index in [1.54, 1.807) is 23.0 Å². The highest BCUT2D eigenvalue weighted by Crippen LogP contribution is 2.42. The molecule has 3 aromatic rings. The minimum absolute atomic E-state index is 0.140. The van der Waals surface area contributed by atoms with Crippen LogP contribution < -0.4 is 5.32 Å². The first-order valence-corrected chi connectivity index (χ1v) is 7.17. The van der Waals surface area contributed by atoms with Crippen LogP contribution in [0.4, 0.5) is 8.78 Å². The summed E-state index contributed by atoms with van der Waals surface area (Å²) in [7, 11) is 0. The molecule has 1 amide bonds. The summed E-state index contributed by atoms with van der Waals surface area (Å²) in [6.07, 6.45) is 7.15. The smallest absolute Gasteiger partial charge is 0.273 e. The van der Waals surface area contributed by atoms with Crippen molar-refractivity contribution < 1.29 is 13.6 Å². The van der Waals surface area contributed by atoms with E-state index >= 15 is 0 Å². The van der Waals surface area contributed by atoms with Gasteiger partial charge in [-0.1, -0.05) is 6.07 Å². The van der Waals surface area contributed by atoms with Gasteiger partial charge in [-0.2, -0.15) is 0 Å². The summed E-state index contributed by atoms with van der Waals surface area (Å²) in [5.41, 5.74) is 1.11. The van der Waals surface area contributed by atoms with Crippen LogP contribution in [0.15, 0.2) is 43.0 Å². The minimum Gasteiger partial charge on any atom is -0.347 e. The summed E-state index contributed by atoms with van der Waals surface area (Å²) in [4.78, 5) is 20.5. The molecule has 0 bridgehead atoms. The Bertz CT molecular complexity index is 908. The second-order valence-corrected chi connectivity index (χ2v) is 5.52. The molecule has 1 fully saturated rings. The predicted molar refractivity (Wildman–Crippen MR) is 78.0 cm³/mol. The maximum atomic E-state index is 13.8. The monoisotopic (exact) mass is 314 g/mol. The number of carbonyl (C=O) groups excluding carboxylic acids is 1. The van der Waals surface area contributed by atoms with Gasteiger partial charge >= 0.3 is 0 Å². The Morgan fingerprint density at radius 1 is 1.22 bits per heavy atom. The number of imidazole rings is 1. The molecule has 1 aliphatic carbocycles. The molecule has 0 unspecified atom stereocenters. The van der Waals surface area contributed by atoms with Crippen LogP contribution in [0.2, 0.25) is 0 Å². The van der Waals surface area contributed by atoms with E-state index in [1.807, 2.05) is 0 Å². The van der Waals surface area contributed by atoms with Gasteiger partial charge in [-0.15, -0.1) is 0 Å². The van der Waals surface area contributed by atoms with Crippen molar-refractivity contribution in [2.45, 2.75) is 18.4 Å². The molecular weight excluding hydrogens is 302 g/mol. The Hall–Kier alpha value is -2.83. The molecule has 0 radical (unpaired) electrons. The molecule has 23 heavy (non-hydrogen) atoms. The van der Waals surface area contributed by atoms with Gasteiger partial charge in [0, 0.05) is 42.8 Å². The number of carbonyl (C=O) groups is 1. The first-order valence-electron chi connectivity index (χ1n) is 7.17. The van der Waals surface area contributed by atoms with E-state index in [4.69, 9.17) is 0 Å². The highest BCUT2D eigenvalue weighted by atomic mass is 19.1. The fourth-order valence-electron chi connectivity index (χ4n) is 2.75. The zero-order chi connectivity index (χ0) is 16.0. The third-order valence-corrected chi connectivity index (χ3v) is 4.00. The highest BCUT2D eigenvalue weighted by molar-refractivity contribution is 5.98. The number of halogens is 2. The SMILES string of the molecule is O=C(N[C@@H]1C[C@H]1c1ccc(F)cc1F)c1nccn2ccnc12. The molecular formula is C16H12F2N4O. The van der Waals surface area contributed by atoms with E-state index in [1.165, 1.54) is 18.3 Å². The summed E-state index contributed by atoms with van der Waals surface area (Å²) in [5, 5.41) is 2.83. The molecule has 0 aliphatic heterocycles. The zero-order valence-electron chi connectivity index (χ0n) is 11.9. The molecule has 2 aromatic heterocycles. The Kier molecular flexibility index (Phi) is 3.07. The summed E-state index contributed by atoms with van der Waals surface area (Å²) >= 11 is 0. The van der Waals surface area contributed by atoms with Crippen LogP contribution >= 0.6 is 0 Å². The van der Waals surface area contributed by atoms with Gasteiger partial charge in [0.2, 0.25) is 0 Å². The highest BCUT2D eigenvalue weighted by Gasteiger charge is 2.41. The third-order valence-electron chi connectivity index (χ3n) is 4.00. The van der Waals surface area contributed by atoms with Crippen LogP contribution in [0.5, 0.6) is 0 Å². The van der Waals surface area contributed by atoms with Crippen molar-refractivity contribution in [1.29, 1.82) is 0 Å². The van der Waals surface area contributed by atoms with Gasteiger partial charge in [-0.25, -0.2) is 18.7 Å². The Labute approximate surface area is 130 Å². The number of hydrogen-bond donors (Lipinski definition) is 1. The van der Waals surface area contributed by atoms with Gasteiger partial charge < -0.3 is 9.72 Å². The second kappa shape index (κ2) is 5.12. The largest absolute Gasteiger partial charge is 0.347 e. The number of benzene rings is 1. The van der Waals surface area contributed by atoms with Crippen LogP contribution in [0, 0.1) is 11.6 Å². The Morgan fingerprint density at radius 3 is 2.78 bits per heavy atom. The summed E-state index contributed by atoms with van der Waals surface area (Å²) in [6.45, 7) is 0. The van der Waals surface area contributed by atoms with Gasteiger partial charge in [0.05, 0.1) is 0 Å². The van der Waals surface area contributed by atoms with Gasteiger partial charge in [0.15, 0.2) is 11.3 Å². The average Bonchev–Trinajstić information content (AvgIpc) is 3.09. The molecule has 1 N–H and O–H groups in total. The maximum Gasteiger partial charge on any atom is 0.273 e. The number of amides is 1. The third kappa shape index (κ3) is 2.44. The normalized spacial score (nSPS) is 19.7. The van der Waals surface area contributed by atoms with Crippen LogP contribution in [0.3, 0.4) is 0 Å². The lowest BCUT2D eigenvalue weighted by molar-refractivity contribution is 0.0946. The maximum absolute atomic E-state index is 13.8. The first kappa shape index (κ1) is 13.8. The van der Waals surface area contributed by atoms with Crippen LogP contribution in [-0.4, -0.2) is 26.3 Å². The fourth-order valence-corrected chi connectivity index (χ4v) is 2.75. The Morgan fingerprint density at radius 2 is 2.00 bits per heavy atom. The van der Waals surface area contributed by atoms with E-state index in [0.717, 1.165) is 6.07 Å². The number of fused-ring (bicyclic) bond motifs is 1. The molecule has 7 heteroatoms. The molecule has 0 spiro atoms. The first-order chi connectivity index (χ1) is 11.1. The summed E-state index contributed by atoms with van der Waals surface area (Å²) in [6, 6.07) is 3.33. The quantitative estimate of drug-likeness (QED) is 0.807. The molecule has 2 atom stereocenters. The number of rotatable bonds is 3. The topological polar surface area (TPSA) is 59.3 Å². The van der Waals surface area contributed by atoms with E-state index < -0.39 is 11.6 Å². The lowest BCUT2D eigenvalue weighted by Crippen LogP contribution is -2.28. The van der Waals surface area contributed by atoms with Crippen molar-refractivity contribution in [3.05, 3.63) is 65.9 Å². The van der Waals surface area contributed by atoms with Crippen molar-refractivity contribution >= 4 is 11.6 Å². The van der Waals surface area contributed by atoms with Gasteiger partial charge in [-0.3, -0.25) is 4.79 Å². The van der Waals surface area contributed by atoms with Crippen LogP contribution in [-0.2, 0) is 0 Å². The lowest BCUT2D eigenvalue weighted by Gasteiger charge is -2.06. The molecule has 0 saturated heterocycles. The molecule has 2 heterocycles.